The van der Waals surface area contributed by atoms with Gasteiger partial charge < -0.3 is 10.6 Å². The van der Waals surface area contributed by atoms with Crippen LogP contribution in [-0.4, -0.2) is 11.7 Å². The summed E-state index contributed by atoms with van der Waals surface area (Å²) in [5.74, 6) is -0.571. The molecule has 2 rings (SSSR count). The molecule has 6 heteroatoms. The predicted molar refractivity (Wildman–Crippen MR) is 102 cm³/mol. The average molecular weight is 431 g/mol. The van der Waals surface area contributed by atoms with Gasteiger partial charge in [-0.05, 0) is 78.0 Å². The first-order valence-corrected chi connectivity index (χ1v) is 8.12. The van der Waals surface area contributed by atoms with E-state index in [1.807, 2.05) is 30.3 Å². The van der Waals surface area contributed by atoms with Crippen LogP contribution < -0.4 is 10.6 Å². The fourth-order valence-corrected chi connectivity index (χ4v) is 2.20. The molecule has 0 heterocycles. The van der Waals surface area contributed by atoms with Gasteiger partial charge in [0.05, 0.1) is 0 Å². The second-order valence-corrected chi connectivity index (χ2v) is 6.15. The minimum atomic E-state index is -0.522. The fourth-order valence-electron chi connectivity index (χ4n) is 1.84. The molecule has 0 radical (unpaired) electrons. The maximum Gasteiger partial charge on any atom is 0.267 e. The van der Waals surface area contributed by atoms with Crippen LogP contribution >= 0.6 is 22.6 Å². The van der Waals surface area contributed by atoms with Gasteiger partial charge in [0.25, 0.3) is 5.91 Å². The number of hydrogen-bond acceptors (Lipinski definition) is 4. The molecule has 0 spiro atoms. The third-order valence-corrected chi connectivity index (χ3v) is 3.86. The van der Waals surface area contributed by atoms with Gasteiger partial charge in [0.1, 0.15) is 11.6 Å². The molecule has 1 amide bonds. The molecule has 5 nitrogen and oxygen atoms in total. The lowest BCUT2D eigenvalue weighted by molar-refractivity contribution is -0.112. The number of carbonyl (C=O) groups excluding carboxylic acids is 2. The first kappa shape index (κ1) is 17.7. The maximum absolute atomic E-state index is 12.1. The van der Waals surface area contributed by atoms with Crippen LogP contribution in [-0.2, 0) is 4.79 Å². The highest BCUT2D eigenvalue weighted by Crippen LogP contribution is 2.13. The van der Waals surface area contributed by atoms with Gasteiger partial charge >= 0.3 is 0 Å². The normalized spacial score (nSPS) is 10.6. The molecule has 0 bridgehead atoms. The van der Waals surface area contributed by atoms with Crippen molar-refractivity contribution in [3.05, 3.63) is 69.4 Å². The lowest BCUT2D eigenvalue weighted by Gasteiger charge is -2.06. The standard InChI is InChI=1S/C18H14IN3O2/c1-12(23)13-2-6-17(7-3-13)22-18(24)14(10-20)11-21-16-8-4-15(19)5-9-16/h2-9,11,21H,1H3,(H,22,24)/b14-11-. The zero-order valence-electron chi connectivity index (χ0n) is 12.8. The Bertz CT molecular complexity index is 819. The Hall–Kier alpha value is -2.66. The molecule has 0 aliphatic rings. The van der Waals surface area contributed by atoms with Crippen LogP contribution in [0.5, 0.6) is 0 Å². The number of nitrogens with one attached hydrogen (secondary N) is 2. The van der Waals surface area contributed by atoms with Crippen LogP contribution in [0, 0.1) is 14.9 Å². The summed E-state index contributed by atoms with van der Waals surface area (Å²) in [6.07, 6.45) is 1.36. The van der Waals surface area contributed by atoms with E-state index in [4.69, 9.17) is 5.26 Å². The number of ketones is 1. The van der Waals surface area contributed by atoms with Gasteiger partial charge in [0, 0.05) is 26.7 Å². The molecule has 2 N–H and O–H groups in total. The van der Waals surface area contributed by atoms with Crippen molar-refractivity contribution in [2.24, 2.45) is 0 Å². The molecular weight excluding hydrogens is 417 g/mol. The number of Topliss-reactive ketones (excluding diaryl/α,β-unsaturated/α-hetero) is 1. The molecule has 0 atom stereocenters. The van der Waals surface area contributed by atoms with Gasteiger partial charge in [-0.1, -0.05) is 0 Å². The van der Waals surface area contributed by atoms with Gasteiger partial charge in [-0.2, -0.15) is 5.26 Å². The lowest BCUT2D eigenvalue weighted by atomic mass is 10.1. The molecule has 0 saturated carbocycles. The third kappa shape index (κ3) is 4.93. The van der Waals surface area contributed by atoms with E-state index in [2.05, 4.69) is 33.2 Å². The first-order valence-electron chi connectivity index (χ1n) is 7.04. The number of halogens is 1. The summed E-state index contributed by atoms with van der Waals surface area (Å²) in [7, 11) is 0. The maximum atomic E-state index is 12.1. The van der Waals surface area contributed by atoms with Crippen LogP contribution in [0.1, 0.15) is 17.3 Å². The molecule has 120 valence electrons. The summed E-state index contributed by atoms with van der Waals surface area (Å²) < 4.78 is 1.09. The summed E-state index contributed by atoms with van der Waals surface area (Å²) in [4.78, 5) is 23.4. The highest BCUT2D eigenvalue weighted by molar-refractivity contribution is 14.1. The second kappa shape index (κ2) is 8.26. The summed E-state index contributed by atoms with van der Waals surface area (Å²) in [5, 5.41) is 14.7. The number of amides is 1. The minimum Gasteiger partial charge on any atom is -0.360 e. The van der Waals surface area contributed by atoms with Crippen molar-refractivity contribution in [3.8, 4) is 6.07 Å². The molecule has 0 unspecified atom stereocenters. The van der Waals surface area contributed by atoms with Crippen LogP contribution in [0.2, 0.25) is 0 Å². The van der Waals surface area contributed by atoms with Crippen molar-refractivity contribution < 1.29 is 9.59 Å². The zero-order valence-corrected chi connectivity index (χ0v) is 15.0. The van der Waals surface area contributed by atoms with Crippen molar-refractivity contribution in [3.63, 3.8) is 0 Å². The van der Waals surface area contributed by atoms with Gasteiger partial charge in [-0.15, -0.1) is 0 Å². The second-order valence-electron chi connectivity index (χ2n) is 4.91. The number of nitrogens with zero attached hydrogens (tertiary/aromatic N) is 1. The van der Waals surface area contributed by atoms with E-state index in [9.17, 15) is 9.59 Å². The number of rotatable bonds is 5. The van der Waals surface area contributed by atoms with E-state index < -0.39 is 5.91 Å². The number of carbonyl (C=O) groups is 2. The van der Waals surface area contributed by atoms with E-state index in [-0.39, 0.29) is 11.4 Å². The molecule has 24 heavy (non-hydrogen) atoms. The van der Waals surface area contributed by atoms with Crippen LogP contribution in [0.3, 0.4) is 0 Å². The van der Waals surface area contributed by atoms with Crippen molar-refractivity contribution in [2.45, 2.75) is 6.92 Å². The Morgan fingerprint density at radius 1 is 1.04 bits per heavy atom. The molecule has 0 aromatic heterocycles. The summed E-state index contributed by atoms with van der Waals surface area (Å²) >= 11 is 2.19. The summed E-state index contributed by atoms with van der Waals surface area (Å²) in [6, 6.07) is 15.9. The van der Waals surface area contributed by atoms with Crippen LogP contribution in [0.25, 0.3) is 0 Å². The SMILES string of the molecule is CC(=O)c1ccc(NC(=O)/C(C#N)=C\Nc2ccc(I)cc2)cc1. The molecule has 2 aromatic rings. The quantitative estimate of drug-likeness (QED) is 0.325. The Balaban J connectivity index is 2.05. The summed E-state index contributed by atoms with van der Waals surface area (Å²) in [6.45, 7) is 1.47. The van der Waals surface area contributed by atoms with E-state index in [1.54, 1.807) is 24.3 Å². The predicted octanol–water partition coefficient (Wildman–Crippen LogP) is 3.95. The van der Waals surface area contributed by atoms with E-state index in [1.165, 1.54) is 13.1 Å². The molecule has 0 aliphatic carbocycles. The van der Waals surface area contributed by atoms with E-state index in [0.717, 1.165) is 9.26 Å². The molecule has 0 aliphatic heterocycles. The van der Waals surface area contributed by atoms with Crippen LogP contribution in [0.15, 0.2) is 60.3 Å². The molecular formula is C18H14IN3O2. The van der Waals surface area contributed by atoms with Crippen molar-refractivity contribution >= 4 is 45.7 Å². The minimum absolute atomic E-state index is 0.0489. The van der Waals surface area contributed by atoms with E-state index in [0.29, 0.717) is 11.3 Å². The monoisotopic (exact) mass is 431 g/mol. The summed E-state index contributed by atoms with van der Waals surface area (Å²) in [5.41, 5.74) is 1.80. The third-order valence-electron chi connectivity index (χ3n) is 3.14. The molecule has 2 aromatic carbocycles. The van der Waals surface area contributed by atoms with Gasteiger partial charge in [-0.3, -0.25) is 9.59 Å². The van der Waals surface area contributed by atoms with Gasteiger partial charge in [0.15, 0.2) is 5.78 Å². The Morgan fingerprint density at radius 3 is 2.17 bits per heavy atom. The number of benzene rings is 2. The smallest absolute Gasteiger partial charge is 0.267 e. The largest absolute Gasteiger partial charge is 0.360 e. The highest BCUT2D eigenvalue weighted by Gasteiger charge is 2.09. The van der Waals surface area contributed by atoms with Crippen molar-refractivity contribution in [1.29, 1.82) is 5.26 Å². The lowest BCUT2D eigenvalue weighted by Crippen LogP contribution is -2.14. The topological polar surface area (TPSA) is 82.0 Å². The average Bonchev–Trinajstić information content (AvgIpc) is 2.57. The number of anilines is 2. The number of nitriles is 1. The van der Waals surface area contributed by atoms with Crippen LogP contribution in [0.4, 0.5) is 11.4 Å². The first-order chi connectivity index (χ1) is 11.5. The van der Waals surface area contributed by atoms with Gasteiger partial charge in [0.2, 0.25) is 0 Å². The van der Waals surface area contributed by atoms with Crippen molar-refractivity contribution in [2.75, 3.05) is 10.6 Å². The Morgan fingerprint density at radius 2 is 1.62 bits per heavy atom. The van der Waals surface area contributed by atoms with Gasteiger partial charge in [-0.25, -0.2) is 0 Å². The molecule has 0 saturated heterocycles. The highest BCUT2D eigenvalue weighted by atomic mass is 127. The Labute approximate surface area is 153 Å². The fraction of sp³-hybridized carbons (Fsp3) is 0.0556. The number of hydrogen-bond donors (Lipinski definition) is 2. The van der Waals surface area contributed by atoms with E-state index >= 15 is 0 Å². The zero-order chi connectivity index (χ0) is 17.5. The molecule has 0 fully saturated rings. The Kier molecular flexibility index (Phi) is 6.09. The van der Waals surface area contributed by atoms with Crippen molar-refractivity contribution in [1.82, 2.24) is 0 Å².